The topological polar surface area (TPSA) is 143 Å². The Morgan fingerprint density at radius 2 is 1.68 bits per heavy atom. The summed E-state index contributed by atoms with van der Waals surface area (Å²) >= 11 is 0. The number of carboxylic acids is 2. The second-order valence-corrected chi connectivity index (χ2v) is 5.94. The van der Waals surface area contributed by atoms with E-state index in [1.807, 2.05) is 0 Å². The largest absolute Gasteiger partial charge is 0.484 e. The van der Waals surface area contributed by atoms with Crippen LogP contribution in [-0.4, -0.2) is 96.5 Å². The number of carbonyl (C=O) groups is 2. The summed E-state index contributed by atoms with van der Waals surface area (Å²) in [7, 11) is 2.13. The summed E-state index contributed by atoms with van der Waals surface area (Å²) < 4.78 is 11.0. The average Bonchev–Trinajstić information content (AvgIpc) is 2.66. The second-order valence-electron chi connectivity index (χ2n) is 5.94. The molecule has 0 unspecified atom stereocenters. The number of hydrogen-bond acceptors (Lipinski definition) is 8. The Morgan fingerprint density at radius 3 is 2.25 bits per heavy atom. The fourth-order valence-electron chi connectivity index (χ4n) is 2.31. The molecule has 1 fully saturated rings. The molecule has 1 saturated heterocycles. The van der Waals surface area contributed by atoms with E-state index in [2.05, 4.69) is 16.8 Å². The van der Waals surface area contributed by atoms with Crippen molar-refractivity contribution in [2.24, 2.45) is 0 Å². The van der Waals surface area contributed by atoms with E-state index in [4.69, 9.17) is 29.3 Å². The Morgan fingerprint density at radius 1 is 1.07 bits per heavy atom. The molecule has 11 nitrogen and oxygen atoms in total. The van der Waals surface area contributed by atoms with Gasteiger partial charge < -0.3 is 24.6 Å². The van der Waals surface area contributed by atoms with Crippen LogP contribution in [0.5, 0.6) is 5.75 Å². The lowest BCUT2D eigenvalue weighted by Gasteiger charge is -2.32. The van der Waals surface area contributed by atoms with E-state index in [1.54, 1.807) is 18.2 Å². The lowest BCUT2D eigenvalue weighted by molar-refractivity contribution is -0.385. The molecular weight excluding hydrogens is 374 g/mol. The van der Waals surface area contributed by atoms with Crippen molar-refractivity contribution in [1.82, 2.24) is 9.80 Å². The third-order valence-corrected chi connectivity index (χ3v) is 3.88. The predicted molar refractivity (Wildman–Crippen MR) is 98.6 cm³/mol. The van der Waals surface area contributed by atoms with E-state index in [1.165, 1.54) is 6.07 Å². The number of aliphatic carboxylic acids is 2. The van der Waals surface area contributed by atoms with E-state index in [9.17, 15) is 10.1 Å². The molecule has 0 aliphatic carbocycles. The lowest BCUT2D eigenvalue weighted by atomic mass is 10.3. The zero-order chi connectivity index (χ0) is 20.9. The number of piperazine rings is 1. The smallest absolute Gasteiger partial charge is 0.414 e. The molecule has 1 aliphatic rings. The molecule has 0 radical (unpaired) electrons. The van der Waals surface area contributed by atoms with E-state index in [0.29, 0.717) is 19.8 Å². The number of carboxylic acid groups (broad SMARTS) is 2. The first-order valence-electron chi connectivity index (χ1n) is 8.62. The molecule has 0 spiro atoms. The van der Waals surface area contributed by atoms with Gasteiger partial charge in [0.2, 0.25) is 0 Å². The van der Waals surface area contributed by atoms with Gasteiger partial charge in [0.25, 0.3) is 0 Å². The third kappa shape index (κ3) is 9.26. The number of nitro benzene ring substituents is 1. The van der Waals surface area contributed by atoms with Crippen molar-refractivity contribution in [2.45, 2.75) is 0 Å². The maximum atomic E-state index is 10.8. The first kappa shape index (κ1) is 23.3. The molecule has 1 aromatic carbocycles. The number of benzene rings is 1. The number of para-hydroxylation sites is 2. The van der Waals surface area contributed by atoms with Gasteiger partial charge in [0.05, 0.1) is 18.1 Å². The van der Waals surface area contributed by atoms with Gasteiger partial charge in [-0.05, 0) is 13.1 Å². The van der Waals surface area contributed by atoms with Crippen LogP contribution in [0.1, 0.15) is 0 Å². The van der Waals surface area contributed by atoms with Crippen LogP contribution in [0, 0.1) is 10.1 Å². The monoisotopic (exact) mass is 399 g/mol. The first-order valence-corrected chi connectivity index (χ1v) is 8.62. The zero-order valence-electron chi connectivity index (χ0n) is 15.7. The summed E-state index contributed by atoms with van der Waals surface area (Å²) in [4.78, 5) is 33.3. The number of hydrogen-bond donors (Lipinski definition) is 2. The molecule has 28 heavy (non-hydrogen) atoms. The molecule has 2 rings (SSSR count). The highest BCUT2D eigenvalue weighted by Gasteiger charge is 2.14. The highest BCUT2D eigenvalue weighted by molar-refractivity contribution is 6.27. The van der Waals surface area contributed by atoms with Gasteiger partial charge in [0.1, 0.15) is 6.61 Å². The molecule has 1 heterocycles. The average molecular weight is 399 g/mol. The highest BCUT2D eigenvalue weighted by atomic mass is 16.6. The third-order valence-electron chi connectivity index (χ3n) is 3.88. The van der Waals surface area contributed by atoms with Crippen molar-refractivity contribution in [3.63, 3.8) is 0 Å². The van der Waals surface area contributed by atoms with Crippen LogP contribution in [0.15, 0.2) is 24.3 Å². The number of likely N-dealkylation sites (N-methyl/N-ethyl adjacent to an activating group) is 1. The summed E-state index contributed by atoms with van der Waals surface area (Å²) in [6, 6.07) is 6.38. The minimum atomic E-state index is -1.82. The van der Waals surface area contributed by atoms with Crippen LogP contribution in [-0.2, 0) is 14.3 Å². The van der Waals surface area contributed by atoms with Gasteiger partial charge in [0, 0.05) is 38.8 Å². The normalized spacial score (nSPS) is 14.6. The van der Waals surface area contributed by atoms with Crippen LogP contribution in [0.25, 0.3) is 0 Å². The Hall–Kier alpha value is -2.76. The molecule has 156 valence electrons. The van der Waals surface area contributed by atoms with Gasteiger partial charge in [-0.3, -0.25) is 15.0 Å². The van der Waals surface area contributed by atoms with E-state index in [-0.39, 0.29) is 11.4 Å². The van der Waals surface area contributed by atoms with Crippen LogP contribution in [0.4, 0.5) is 5.69 Å². The maximum absolute atomic E-state index is 10.8. The molecule has 0 saturated carbocycles. The van der Waals surface area contributed by atoms with Gasteiger partial charge in [0.15, 0.2) is 5.75 Å². The van der Waals surface area contributed by atoms with Crippen molar-refractivity contribution in [1.29, 1.82) is 0 Å². The van der Waals surface area contributed by atoms with Crippen LogP contribution in [0.3, 0.4) is 0 Å². The van der Waals surface area contributed by atoms with Crippen molar-refractivity contribution >= 4 is 17.6 Å². The standard InChI is InChI=1S/C15H23N3O4.C2H2O4/c1-16-6-8-17(9-7-16)10-11-21-12-13-22-15-5-3-2-4-14(15)18(19)20;3-1(4)2(5)6/h2-5H,6-13H2,1H3;(H,3,4)(H,5,6). The Balaban J connectivity index is 0.000000568. The second kappa shape index (κ2) is 12.6. The van der Waals surface area contributed by atoms with Gasteiger partial charge in [-0.1, -0.05) is 12.1 Å². The Bertz CT molecular complexity index is 635. The molecule has 2 N–H and O–H groups in total. The summed E-state index contributed by atoms with van der Waals surface area (Å²) in [5.41, 5.74) is -0.0139. The number of rotatable bonds is 8. The van der Waals surface area contributed by atoms with Gasteiger partial charge in [-0.15, -0.1) is 0 Å². The van der Waals surface area contributed by atoms with Crippen molar-refractivity contribution in [3.8, 4) is 5.75 Å². The fourth-order valence-corrected chi connectivity index (χ4v) is 2.31. The quantitative estimate of drug-likeness (QED) is 0.273. The van der Waals surface area contributed by atoms with Gasteiger partial charge >= 0.3 is 17.6 Å². The summed E-state index contributed by atoms with van der Waals surface area (Å²) in [6.45, 7) is 6.66. The summed E-state index contributed by atoms with van der Waals surface area (Å²) in [5, 5.41) is 25.6. The first-order chi connectivity index (χ1) is 13.3. The molecule has 0 amide bonds. The van der Waals surface area contributed by atoms with E-state index >= 15 is 0 Å². The SMILES string of the molecule is CN1CCN(CCOCCOc2ccccc2[N+](=O)[O-])CC1.O=C(O)C(=O)O. The van der Waals surface area contributed by atoms with Crippen LogP contribution >= 0.6 is 0 Å². The van der Waals surface area contributed by atoms with Crippen molar-refractivity contribution < 1.29 is 34.2 Å². The minimum absolute atomic E-state index is 0.0139. The van der Waals surface area contributed by atoms with Gasteiger partial charge in [-0.25, -0.2) is 9.59 Å². The molecule has 0 bridgehead atoms. The fraction of sp³-hybridized carbons (Fsp3) is 0.529. The molecule has 1 aliphatic heterocycles. The zero-order valence-corrected chi connectivity index (χ0v) is 15.7. The molecule has 0 aromatic heterocycles. The molecule has 1 aromatic rings. The van der Waals surface area contributed by atoms with E-state index in [0.717, 1.165) is 32.7 Å². The number of ether oxygens (including phenoxy) is 2. The summed E-state index contributed by atoms with van der Waals surface area (Å²) in [5.74, 6) is -3.36. The number of nitro groups is 1. The number of nitrogens with zero attached hydrogens (tertiary/aromatic N) is 3. The molecular formula is C17H25N3O8. The van der Waals surface area contributed by atoms with Gasteiger partial charge in [-0.2, -0.15) is 0 Å². The summed E-state index contributed by atoms with van der Waals surface area (Å²) in [6.07, 6.45) is 0. The highest BCUT2D eigenvalue weighted by Crippen LogP contribution is 2.25. The lowest BCUT2D eigenvalue weighted by Crippen LogP contribution is -2.45. The minimum Gasteiger partial charge on any atom is -0.484 e. The molecule has 11 heteroatoms. The van der Waals surface area contributed by atoms with E-state index < -0.39 is 16.9 Å². The Kier molecular flexibility index (Phi) is 10.5. The van der Waals surface area contributed by atoms with Crippen molar-refractivity contribution in [2.75, 3.05) is 59.6 Å². The maximum Gasteiger partial charge on any atom is 0.414 e. The predicted octanol–water partition coefficient (Wildman–Crippen LogP) is 0.393. The van der Waals surface area contributed by atoms with Crippen molar-refractivity contribution in [3.05, 3.63) is 34.4 Å². The Labute approximate surface area is 162 Å². The van der Waals surface area contributed by atoms with Crippen LogP contribution in [0.2, 0.25) is 0 Å². The molecule has 0 atom stereocenters. The van der Waals surface area contributed by atoms with Crippen LogP contribution < -0.4 is 4.74 Å².